The topological polar surface area (TPSA) is 49.3 Å². The summed E-state index contributed by atoms with van der Waals surface area (Å²) in [5, 5.41) is 12.1. The third-order valence-corrected chi connectivity index (χ3v) is 2.98. The van der Waals surface area contributed by atoms with Crippen molar-refractivity contribution in [2.24, 2.45) is 0 Å². The second-order valence-electron chi connectivity index (χ2n) is 3.63. The van der Waals surface area contributed by atoms with Gasteiger partial charge in [0.15, 0.2) is 0 Å². The summed E-state index contributed by atoms with van der Waals surface area (Å²) in [6.45, 7) is 0. The van der Waals surface area contributed by atoms with Crippen LogP contribution < -0.4 is 5.32 Å². The number of phenols is 1. The van der Waals surface area contributed by atoms with Crippen molar-refractivity contribution in [3.63, 3.8) is 0 Å². The molecule has 0 atom stereocenters. The minimum atomic E-state index is -0.396. The van der Waals surface area contributed by atoms with Gasteiger partial charge in [-0.25, -0.2) is 4.39 Å². The van der Waals surface area contributed by atoms with Gasteiger partial charge in [-0.1, -0.05) is 0 Å². The summed E-state index contributed by atoms with van der Waals surface area (Å²) in [6.07, 6.45) is 0. The number of amides is 1. The Labute approximate surface area is 111 Å². The van der Waals surface area contributed by atoms with Crippen LogP contribution in [0.5, 0.6) is 5.75 Å². The van der Waals surface area contributed by atoms with Gasteiger partial charge in [0.1, 0.15) is 11.6 Å². The normalized spacial score (nSPS) is 10.1. The van der Waals surface area contributed by atoms with E-state index < -0.39 is 5.82 Å². The van der Waals surface area contributed by atoms with Crippen LogP contribution in [0.15, 0.2) is 46.9 Å². The molecule has 2 rings (SSSR count). The lowest BCUT2D eigenvalue weighted by Crippen LogP contribution is -2.11. The number of rotatable bonds is 2. The zero-order valence-corrected chi connectivity index (χ0v) is 10.7. The Morgan fingerprint density at radius 3 is 2.44 bits per heavy atom. The molecule has 5 heteroatoms. The van der Waals surface area contributed by atoms with E-state index in [4.69, 9.17) is 0 Å². The molecule has 0 bridgehead atoms. The number of carbonyl (C=O) groups excluding carboxylic acids is 1. The lowest BCUT2D eigenvalue weighted by atomic mass is 10.2. The summed E-state index contributed by atoms with van der Waals surface area (Å²) in [4.78, 5) is 11.8. The SMILES string of the molecule is O=C(Nc1ccc(Br)c(O)c1)c1ccc(F)cc1. The van der Waals surface area contributed by atoms with E-state index in [2.05, 4.69) is 21.2 Å². The molecule has 1 amide bonds. The predicted molar refractivity (Wildman–Crippen MR) is 70.2 cm³/mol. The first-order valence-electron chi connectivity index (χ1n) is 5.12. The van der Waals surface area contributed by atoms with Gasteiger partial charge in [0, 0.05) is 17.3 Å². The van der Waals surface area contributed by atoms with Crippen molar-refractivity contribution in [2.75, 3.05) is 5.32 Å². The summed E-state index contributed by atoms with van der Waals surface area (Å²) in [6, 6.07) is 9.90. The molecule has 0 unspecified atom stereocenters. The van der Waals surface area contributed by atoms with Gasteiger partial charge in [0.05, 0.1) is 4.47 Å². The molecule has 2 N–H and O–H groups in total. The van der Waals surface area contributed by atoms with Crippen molar-refractivity contribution >= 4 is 27.5 Å². The Morgan fingerprint density at radius 2 is 1.83 bits per heavy atom. The molecule has 0 aromatic heterocycles. The molecule has 0 spiro atoms. The first kappa shape index (κ1) is 12.6. The van der Waals surface area contributed by atoms with Crippen molar-refractivity contribution in [3.8, 4) is 5.75 Å². The summed E-state index contributed by atoms with van der Waals surface area (Å²) in [5.74, 6) is -0.725. The van der Waals surface area contributed by atoms with Gasteiger partial charge in [-0.05, 0) is 52.3 Å². The lowest BCUT2D eigenvalue weighted by molar-refractivity contribution is 0.102. The minimum absolute atomic E-state index is 0.0342. The predicted octanol–water partition coefficient (Wildman–Crippen LogP) is 3.55. The first-order chi connectivity index (χ1) is 8.56. The third-order valence-electron chi connectivity index (χ3n) is 2.31. The molecule has 0 fully saturated rings. The van der Waals surface area contributed by atoms with Crippen molar-refractivity contribution < 1.29 is 14.3 Å². The van der Waals surface area contributed by atoms with E-state index in [1.54, 1.807) is 12.1 Å². The van der Waals surface area contributed by atoms with Crippen LogP contribution in [-0.2, 0) is 0 Å². The molecule has 0 saturated carbocycles. The number of hydrogen-bond donors (Lipinski definition) is 2. The lowest BCUT2D eigenvalue weighted by Gasteiger charge is -2.06. The smallest absolute Gasteiger partial charge is 0.255 e. The van der Waals surface area contributed by atoms with Gasteiger partial charge in [0.25, 0.3) is 5.91 Å². The summed E-state index contributed by atoms with van der Waals surface area (Å²) >= 11 is 3.14. The Hall–Kier alpha value is -1.88. The van der Waals surface area contributed by atoms with Crippen molar-refractivity contribution in [3.05, 3.63) is 58.3 Å². The molecule has 18 heavy (non-hydrogen) atoms. The molecule has 2 aromatic carbocycles. The molecular formula is C13H9BrFNO2. The largest absolute Gasteiger partial charge is 0.507 e. The van der Waals surface area contributed by atoms with E-state index in [0.29, 0.717) is 15.7 Å². The molecule has 0 aliphatic rings. The Morgan fingerprint density at radius 1 is 1.17 bits per heavy atom. The molecule has 2 aromatic rings. The quantitative estimate of drug-likeness (QED) is 0.891. The van der Waals surface area contributed by atoms with Crippen LogP contribution in [0.4, 0.5) is 10.1 Å². The highest BCUT2D eigenvalue weighted by Crippen LogP contribution is 2.26. The summed E-state index contributed by atoms with van der Waals surface area (Å²) in [5.41, 5.74) is 0.809. The molecule has 0 aliphatic carbocycles. The van der Waals surface area contributed by atoms with Crippen LogP contribution >= 0.6 is 15.9 Å². The maximum atomic E-state index is 12.7. The Kier molecular flexibility index (Phi) is 3.62. The molecule has 0 saturated heterocycles. The van der Waals surface area contributed by atoms with E-state index in [9.17, 15) is 14.3 Å². The van der Waals surface area contributed by atoms with Crippen molar-refractivity contribution in [1.29, 1.82) is 0 Å². The van der Waals surface area contributed by atoms with Gasteiger partial charge in [-0.2, -0.15) is 0 Å². The fourth-order valence-corrected chi connectivity index (χ4v) is 1.64. The van der Waals surface area contributed by atoms with Gasteiger partial charge in [0.2, 0.25) is 0 Å². The number of benzene rings is 2. The van der Waals surface area contributed by atoms with E-state index >= 15 is 0 Å². The number of nitrogens with one attached hydrogen (secondary N) is 1. The van der Waals surface area contributed by atoms with E-state index in [0.717, 1.165) is 0 Å². The van der Waals surface area contributed by atoms with E-state index in [1.807, 2.05) is 0 Å². The molecule has 3 nitrogen and oxygen atoms in total. The first-order valence-corrected chi connectivity index (χ1v) is 5.91. The highest BCUT2D eigenvalue weighted by Gasteiger charge is 2.07. The average Bonchev–Trinajstić information content (AvgIpc) is 2.34. The number of anilines is 1. The minimum Gasteiger partial charge on any atom is -0.507 e. The average molecular weight is 310 g/mol. The molecule has 0 radical (unpaired) electrons. The number of carbonyl (C=O) groups is 1. The monoisotopic (exact) mass is 309 g/mol. The fraction of sp³-hybridized carbons (Fsp3) is 0. The summed E-state index contributed by atoms with van der Waals surface area (Å²) in [7, 11) is 0. The van der Waals surface area contributed by atoms with Crippen LogP contribution in [0.2, 0.25) is 0 Å². The molecule has 92 valence electrons. The van der Waals surface area contributed by atoms with Gasteiger partial charge in [-0.3, -0.25) is 4.79 Å². The Balaban J connectivity index is 2.16. The van der Waals surface area contributed by atoms with Gasteiger partial charge < -0.3 is 10.4 Å². The standard InChI is InChI=1S/C13H9BrFNO2/c14-11-6-5-10(7-12(11)17)16-13(18)8-1-3-9(15)4-2-8/h1-7,17H,(H,16,18). The zero-order chi connectivity index (χ0) is 13.1. The maximum Gasteiger partial charge on any atom is 0.255 e. The molecule has 0 aliphatic heterocycles. The van der Waals surface area contributed by atoms with E-state index in [-0.39, 0.29) is 11.7 Å². The number of phenolic OH excluding ortho intramolecular Hbond substituents is 1. The number of halogens is 2. The van der Waals surface area contributed by atoms with Crippen LogP contribution in [0.25, 0.3) is 0 Å². The van der Waals surface area contributed by atoms with Crippen molar-refractivity contribution in [1.82, 2.24) is 0 Å². The second kappa shape index (κ2) is 5.18. The molecular weight excluding hydrogens is 301 g/mol. The maximum absolute atomic E-state index is 12.7. The Bertz CT molecular complexity index is 584. The third kappa shape index (κ3) is 2.87. The highest BCUT2D eigenvalue weighted by atomic mass is 79.9. The molecule has 0 heterocycles. The van der Waals surface area contributed by atoms with Crippen LogP contribution in [0.3, 0.4) is 0 Å². The highest BCUT2D eigenvalue weighted by molar-refractivity contribution is 9.10. The fourth-order valence-electron chi connectivity index (χ4n) is 1.39. The summed E-state index contributed by atoms with van der Waals surface area (Å²) < 4.78 is 13.2. The van der Waals surface area contributed by atoms with Gasteiger partial charge in [-0.15, -0.1) is 0 Å². The van der Waals surface area contributed by atoms with E-state index in [1.165, 1.54) is 30.3 Å². The number of aromatic hydroxyl groups is 1. The van der Waals surface area contributed by atoms with Gasteiger partial charge >= 0.3 is 0 Å². The second-order valence-corrected chi connectivity index (χ2v) is 4.48. The zero-order valence-electron chi connectivity index (χ0n) is 9.15. The number of hydrogen-bond acceptors (Lipinski definition) is 2. The van der Waals surface area contributed by atoms with Crippen molar-refractivity contribution in [2.45, 2.75) is 0 Å². The van der Waals surface area contributed by atoms with Crippen LogP contribution in [0.1, 0.15) is 10.4 Å². The van der Waals surface area contributed by atoms with Crippen LogP contribution in [0, 0.1) is 5.82 Å². The van der Waals surface area contributed by atoms with Crippen LogP contribution in [-0.4, -0.2) is 11.0 Å².